The lowest BCUT2D eigenvalue weighted by Gasteiger charge is -2.21. The average Bonchev–Trinajstić information content (AvgIpc) is 2.71. The molecule has 0 atom stereocenters. The van der Waals surface area contributed by atoms with Gasteiger partial charge in [-0.05, 0) is 45.1 Å². The highest BCUT2D eigenvalue weighted by Gasteiger charge is 2.17. The predicted octanol–water partition coefficient (Wildman–Crippen LogP) is 2.54. The lowest BCUT2D eigenvalue weighted by atomic mass is 10.0. The monoisotopic (exact) mass is 387 g/mol. The highest BCUT2D eigenvalue weighted by atomic mass is 16.5. The van der Waals surface area contributed by atoms with Crippen LogP contribution in [0.15, 0.2) is 29.1 Å². The zero-order valence-corrected chi connectivity index (χ0v) is 16.6. The van der Waals surface area contributed by atoms with Crippen LogP contribution in [-0.2, 0) is 9.47 Å². The molecule has 3 rings (SSSR count). The Bertz CT molecular complexity index is 856. The molecule has 1 fully saturated rings. The van der Waals surface area contributed by atoms with E-state index < -0.39 is 0 Å². The third-order valence-corrected chi connectivity index (χ3v) is 4.98. The van der Waals surface area contributed by atoms with Crippen molar-refractivity contribution in [1.29, 1.82) is 0 Å². The fraction of sp³-hybridized carbons (Fsp3) is 0.571. The number of rotatable bonds is 8. The van der Waals surface area contributed by atoms with E-state index in [1.807, 2.05) is 19.9 Å². The second-order valence-electron chi connectivity index (χ2n) is 7.48. The molecule has 1 saturated heterocycles. The summed E-state index contributed by atoms with van der Waals surface area (Å²) < 4.78 is 12.4. The van der Waals surface area contributed by atoms with E-state index in [9.17, 15) is 9.59 Å². The Balaban J connectivity index is 1.56. The van der Waals surface area contributed by atoms with Gasteiger partial charge >= 0.3 is 0 Å². The highest BCUT2D eigenvalue weighted by Crippen LogP contribution is 2.15. The zero-order valence-electron chi connectivity index (χ0n) is 16.6. The maximum Gasteiger partial charge on any atom is 0.274 e. The third kappa shape index (κ3) is 4.97. The van der Waals surface area contributed by atoms with Gasteiger partial charge in [-0.3, -0.25) is 9.59 Å². The first-order chi connectivity index (χ1) is 13.6. The summed E-state index contributed by atoms with van der Waals surface area (Å²) >= 11 is 0. The molecule has 0 bridgehead atoms. The minimum atomic E-state index is -0.268. The SMILES string of the molecule is CC(C)n1nc(C(=O)NCCCOCC2CCOCC2)c2ccccc2c1=O. The molecule has 1 aliphatic rings. The Hall–Kier alpha value is -2.25. The van der Waals surface area contributed by atoms with Crippen molar-refractivity contribution in [3.05, 3.63) is 40.3 Å². The van der Waals surface area contributed by atoms with E-state index in [4.69, 9.17) is 9.47 Å². The first-order valence-electron chi connectivity index (χ1n) is 10.0. The maximum absolute atomic E-state index is 12.7. The van der Waals surface area contributed by atoms with E-state index in [1.165, 1.54) is 4.68 Å². The summed E-state index contributed by atoms with van der Waals surface area (Å²) in [7, 11) is 0. The number of benzene rings is 1. The molecule has 0 saturated carbocycles. The molecule has 0 radical (unpaired) electrons. The van der Waals surface area contributed by atoms with Crippen LogP contribution in [0.2, 0.25) is 0 Å². The molecular weight excluding hydrogens is 358 g/mol. The molecule has 1 N–H and O–H groups in total. The molecule has 2 aromatic rings. The first-order valence-corrected chi connectivity index (χ1v) is 10.0. The zero-order chi connectivity index (χ0) is 19.9. The van der Waals surface area contributed by atoms with Crippen molar-refractivity contribution in [2.75, 3.05) is 33.0 Å². The highest BCUT2D eigenvalue weighted by molar-refractivity contribution is 6.04. The molecule has 1 aliphatic heterocycles. The molecular formula is C21H29N3O4. The Morgan fingerprint density at radius 2 is 2.00 bits per heavy atom. The second kappa shape index (κ2) is 9.80. The topological polar surface area (TPSA) is 82.5 Å². The number of nitrogens with one attached hydrogen (secondary N) is 1. The molecule has 7 nitrogen and oxygen atoms in total. The molecule has 0 aliphatic carbocycles. The summed E-state index contributed by atoms with van der Waals surface area (Å²) in [5.41, 5.74) is 0.107. The number of carbonyl (C=O) groups is 1. The van der Waals surface area contributed by atoms with E-state index in [0.717, 1.165) is 39.1 Å². The van der Waals surface area contributed by atoms with E-state index in [0.29, 0.717) is 29.8 Å². The lowest BCUT2D eigenvalue weighted by molar-refractivity contribution is 0.0202. The molecule has 1 aromatic carbocycles. The van der Waals surface area contributed by atoms with Crippen LogP contribution < -0.4 is 10.9 Å². The second-order valence-corrected chi connectivity index (χ2v) is 7.48. The van der Waals surface area contributed by atoms with Gasteiger partial charge in [-0.15, -0.1) is 0 Å². The lowest BCUT2D eigenvalue weighted by Crippen LogP contribution is -2.32. The van der Waals surface area contributed by atoms with Gasteiger partial charge in [-0.1, -0.05) is 18.2 Å². The third-order valence-electron chi connectivity index (χ3n) is 4.98. The number of hydrogen-bond acceptors (Lipinski definition) is 5. The van der Waals surface area contributed by atoms with Crippen molar-refractivity contribution in [2.45, 2.75) is 39.2 Å². The molecule has 0 spiro atoms. The summed E-state index contributed by atoms with van der Waals surface area (Å²) in [6.45, 7) is 7.26. The predicted molar refractivity (Wildman–Crippen MR) is 108 cm³/mol. The number of amides is 1. The molecule has 7 heteroatoms. The van der Waals surface area contributed by atoms with Crippen LogP contribution >= 0.6 is 0 Å². The van der Waals surface area contributed by atoms with Gasteiger partial charge in [-0.25, -0.2) is 4.68 Å². The van der Waals surface area contributed by atoms with E-state index in [-0.39, 0.29) is 23.2 Å². The van der Waals surface area contributed by atoms with Crippen LogP contribution in [0, 0.1) is 5.92 Å². The van der Waals surface area contributed by atoms with Crippen LogP contribution in [0.1, 0.15) is 49.6 Å². The van der Waals surface area contributed by atoms with Crippen LogP contribution in [0.5, 0.6) is 0 Å². The van der Waals surface area contributed by atoms with Crippen molar-refractivity contribution in [3.8, 4) is 0 Å². The van der Waals surface area contributed by atoms with Gasteiger partial charge in [-0.2, -0.15) is 5.10 Å². The van der Waals surface area contributed by atoms with Crippen LogP contribution in [-0.4, -0.2) is 48.7 Å². The minimum absolute atomic E-state index is 0.123. The number of hydrogen-bond donors (Lipinski definition) is 1. The summed E-state index contributed by atoms with van der Waals surface area (Å²) in [5, 5.41) is 8.31. The Labute approximate surface area is 165 Å². The Morgan fingerprint density at radius 3 is 2.71 bits per heavy atom. The molecule has 2 heterocycles. The van der Waals surface area contributed by atoms with Gasteiger partial charge in [0.15, 0.2) is 5.69 Å². The van der Waals surface area contributed by atoms with Crippen molar-refractivity contribution >= 4 is 16.7 Å². The van der Waals surface area contributed by atoms with Crippen LogP contribution in [0.25, 0.3) is 10.8 Å². The molecule has 0 unspecified atom stereocenters. The van der Waals surface area contributed by atoms with Crippen molar-refractivity contribution in [3.63, 3.8) is 0 Å². The van der Waals surface area contributed by atoms with E-state index in [1.54, 1.807) is 18.2 Å². The fourth-order valence-corrected chi connectivity index (χ4v) is 3.35. The van der Waals surface area contributed by atoms with Crippen molar-refractivity contribution in [2.24, 2.45) is 5.92 Å². The quantitative estimate of drug-likeness (QED) is 0.704. The fourth-order valence-electron chi connectivity index (χ4n) is 3.35. The van der Waals surface area contributed by atoms with Gasteiger partial charge in [0.25, 0.3) is 11.5 Å². The van der Waals surface area contributed by atoms with Crippen molar-refractivity contribution in [1.82, 2.24) is 15.1 Å². The van der Waals surface area contributed by atoms with Gasteiger partial charge in [0, 0.05) is 38.4 Å². The molecule has 152 valence electrons. The van der Waals surface area contributed by atoms with Gasteiger partial charge in [0.2, 0.25) is 0 Å². The summed E-state index contributed by atoms with van der Waals surface area (Å²) in [6, 6.07) is 6.98. The molecule has 1 amide bonds. The number of nitrogens with zero attached hydrogens (tertiary/aromatic N) is 2. The number of aromatic nitrogens is 2. The van der Waals surface area contributed by atoms with Gasteiger partial charge in [0.05, 0.1) is 11.4 Å². The van der Waals surface area contributed by atoms with Gasteiger partial charge < -0.3 is 14.8 Å². The first kappa shape index (κ1) is 20.5. The molecule has 28 heavy (non-hydrogen) atoms. The molecule has 1 aromatic heterocycles. The van der Waals surface area contributed by atoms with E-state index in [2.05, 4.69) is 10.4 Å². The number of carbonyl (C=O) groups excluding carboxylic acids is 1. The number of ether oxygens (including phenoxy) is 2. The minimum Gasteiger partial charge on any atom is -0.381 e. The van der Waals surface area contributed by atoms with E-state index >= 15 is 0 Å². The summed E-state index contributed by atoms with van der Waals surface area (Å²) in [5.74, 6) is 0.311. The standard InChI is InChI=1S/C21H29N3O4/c1-15(2)24-21(26)18-7-4-3-6-17(18)19(23-24)20(25)22-10-5-11-28-14-16-8-12-27-13-9-16/h3-4,6-7,15-16H,5,8-14H2,1-2H3,(H,22,25). The summed E-state index contributed by atoms with van der Waals surface area (Å²) in [6.07, 6.45) is 2.85. The normalized spacial score (nSPS) is 15.2. The largest absolute Gasteiger partial charge is 0.381 e. The maximum atomic E-state index is 12.7. The average molecular weight is 387 g/mol. The smallest absolute Gasteiger partial charge is 0.274 e. The van der Waals surface area contributed by atoms with Gasteiger partial charge in [0.1, 0.15) is 0 Å². The number of fused-ring (bicyclic) bond motifs is 1. The van der Waals surface area contributed by atoms with Crippen LogP contribution in [0.4, 0.5) is 0 Å². The summed E-state index contributed by atoms with van der Waals surface area (Å²) in [4.78, 5) is 25.2. The van der Waals surface area contributed by atoms with Crippen molar-refractivity contribution < 1.29 is 14.3 Å². The van der Waals surface area contributed by atoms with Crippen LogP contribution in [0.3, 0.4) is 0 Å². The Kier molecular flexibility index (Phi) is 7.17. The Morgan fingerprint density at radius 1 is 1.29 bits per heavy atom.